The Morgan fingerprint density at radius 3 is 1.93 bits per heavy atom. The van der Waals surface area contributed by atoms with Gasteiger partial charge in [0.2, 0.25) is 0 Å². The van der Waals surface area contributed by atoms with E-state index in [0.717, 1.165) is 0 Å². The molecule has 0 saturated heterocycles. The summed E-state index contributed by atoms with van der Waals surface area (Å²) in [4.78, 5) is 0. The van der Waals surface area contributed by atoms with Crippen molar-refractivity contribution in [1.82, 2.24) is 0 Å². The Labute approximate surface area is 97.8 Å². The number of hydrogen-bond acceptors (Lipinski definition) is 0. The first-order valence-corrected chi connectivity index (χ1v) is 6.64. The highest BCUT2D eigenvalue weighted by molar-refractivity contribution is 4.79. The van der Waals surface area contributed by atoms with Crippen molar-refractivity contribution in [2.45, 2.75) is 80.1 Å². The Balaban J connectivity index is 3.62. The van der Waals surface area contributed by atoms with E-state index in [1.165, 1.54) is 38.5 Å². The molecule has 0 rings (SSSR count). The van der Waals surface area contributed by atoms with Crippen LogP contribution in [-0.4, -0.2) is 0 Å². The first-order chi connectivity index (χ1) is 6.83. The Morgan fingerprint density at radius 2 is 1.47 bits per heavy atom. The third kappa shape index (κ3) is 7.88. The van der Waals surface area contributed by atoms with E-state index in [-0.39, 0.29) is 0 Å². The molecule has 0 aromatic carbocycles. The van der Waals surface area contributed by atoms with E-state index in [0.29, 0.717) is 10.8 Å². The van der Waals surface area contributed by atoms with E-state index in [9.17, 15) is 0 Å². The van der Waals surface area contributed by atoms with E-state index in [1.807, 2.05) is 0 Å². The molecule has 0 heterocycles. The molecule has 0 aliphatic rings. The second-order valence-electron chi connectivity index (χ2n) is 6.46. The van der Waals surface area contributed by atoms with Crippen LogP contribution in [0.2, 0.25) is 0 Å². The standard InChI is InChI=1S/C15H31/c1-7-11-15(5,6)13-10-9-12-14(3,4)8-2/h10H,7-9,11-13H2,1-6H3. The molecule has 0 aliphatic heterocycles. The normalized spacial score (nSPS) is 13.2. The molecule has 0 N–H and O–H groups in total. The zero-order valence-corrected chi connectivity index (χ0v) is 11.8. The van der Waals surface area contributed by atoms with Gasteiger partial charge in [0.25, 0.3) is 0 Å². The molecule has 0 spiro atoms. The predicted octanol–water partition coefficient (Wildman–Crippen LogP) is 5.62. The molecule has 1 radical (unpaired) electrons. The van der Waals surface area contributed by atoms with Crippen LogP contribution in [0.3, 0.4) is 0 Å². The highest BCUT2D eigenvalue weighted by atomic mass is 14.2. The maximum atomic E-state index is 2.51. The Bertz CT molecular complexity index is 153. The minimum Gasteiger partial charge on any atom is -0.0654 e. The van der Waals surface area contributed by atoms with Gasteiger partial charge < -0.3 is 0 Å². The maximum Gasteiger partial charge on any atom is -0.0352 e. The third-order valence-corrected chi connectivity index (χ3v) is 3.61. The van der Waals surface area contributed by atoms with Gasteiger partial charge in [-0.05, 0) is 42.9 Å². The predicted molar refractivity (Wildman–Crippen MR) is 70.9 cm³/mol. The van der Waals surface area contributed by atoms with Gasteiger partial charge in [0.15, 0.2) is 0 Å². The molecule has 0 amide bonds. The molecule has 0 saturated carbocycles. The molecule has 0 bridgehead atoms. The summed E-state index contributed by atoms with van der Waals surface area (Å²) >= 11 is 0. The molecular weight excluding hydrogens is 180 g/mol. The number of unbranched alkanes of at least 4 members (excludes halogenated alkanes) is 1. The molecule has 0 heteroatoms. The molecule has 0 atom stereocenters. The van der Waals surface area contributed by atoms with Gasteiger partial charge in [-0.2, -0.15) is 0 Å². The first kappa shape index (κ1) is 15.0. The van der Waals surface area contributed by atoms with Crippen molar-refractivity contribution in [2.75, 3.05) is 0 Å². The molecule has 0 aliphatic carbocycles. The SMILES string of the molecule is CCCC(C)(C)C[CH]CCC(C)(C)CC. The molecule has 0 aromatic rings. The van der Waals surface area contributed by atoms with Gasteiger partial charge in [0, 0.05) is 0 Å². The topological polar surface area (TPSA) is 0 Å². The fraction of sp³-hybridized carbons (Fsp3) is 0.933. The van der Waals surface area contributed by atoms with Gasteiger partial charge >= 0.3 is 0 Å². The monoisotopic (exact) mass is 211 g/mol. The second-order valence-corrected chi connectivity index (χ2v) is 6.46. The van der Waals surface area contributed by atoms with Crippen LogP contribution in [0.15, 0.2) is 0 Å². The molecule has 91 valence electrons. The van der Waals surface area contributed by atoms with Gasteiger partial charge in [-0.25, -0.2) is 0 Å². The van der Waals surface area contributed by atoms with Crippen LogP contribution in [0.5, 0.6) is 0 Å². The summed E-state index contributed by atoms with van der Waals surface area (Å²) in [5.74, 6) is 0. The van der Waals surface area contributed by atoms with Gasteiger partial charge in [0.1, 0.15) is 0 Å². The van der Waals surface area contributed by atoms with Crippen LogP contribution in [0.1, 0.15) is 80.1 Å². The molecule has 0 fully saturated rings. The zero-order chi connectivity index (χ0) is 11.9. The van der Waals surface area contributed by atoms with E-state index in [2.05, 4.69) is 48.0 Å². The smallest absolute Gasteiger partial charge is 0.0352 e. The van der Waals surface area contributed by atoms with Gasteiger partial charge in [-0.3, -0.25) is 0 Å². The molecule has 0 unspecified atom stereocenters. The fourth-order valence-electron chi connectivity index (χ4n) is 1.94. The first-order valence-electron chi connectivity index (χ1n) is 6.64. The summed E-state index contributed by atoms with van der Waals surface area (Å²) in [5, 5.41) is 0. The average molecular weight is 211 g/mol. The van der Waals surface area contributed by atoms with Crippen molar-refractivity contribution < 1.29 is 0 Å². The summed E-state index contributed by atoms with van der Waals surface area (Å²) in [6.45, 7) is 14.1. The molecular formula is C15H31. The molecule has 0 nitrogen and oxygen atoms in total. The average Bonchev–Trinajstić information content (AvgIpc) is 2.13. The summed E-state index contributed by atoms with van der Waals surface area (Å²) < 4.78 is 0. The number of rotatable bonds is 8. The van der Waals surface area contributed by atoms with Crippen LogP contribution < -0.4 is 0 Å². The van der Waals surface area contributed by atoms with Crippen LogP contribution in [0, 0.1) is 17.3 Å². The fourth-order valence-corrected chi connectivity index (χ4v) is 1.94. The Hall–Kier alpha value is 0. The van der Waals surface area contributed by atoms with Crippen molar-refractivity contribution in [1.29, 1.82) is 0 Å². The zero-order valence-electron chi connectivity index (χ0n) is 11.8. The minimum absolute atomic E-state index is 0.519. The summed E-state index contributed by atoms with van der Waals surface area (Å²) in [6, 6.07) is 0. The van der Waals surface area contributed by atoms with E-state index < -0.39 is 0 Å². The summed E-state index contributed by atoms with van der Waals surface area (Å²) in [6.07, 6.45) is 10.4. The molecule has 15 heavy (non-hydrogen) atoms. The van der Waals surface area contributed by atoms with Crippen LogP contribution in [0.25, 0.3) is 0 Å². The highest BCUT2D eigenvalue weighted by Crippen LogP contribution is 2.31. The van der Waals surface area contributed by atoms with Crippen LogP contribution in [0.4, 0.5) is 0 Å². The minimum atomic E-state index is 0.519. The lowest BCUT2D eigenvalue weighted by Gasteiger charge is -2.26. The van der Waals surface area contributed by atoms with Crippen molar-refractivity contribution in [3.8, 4) is 0 Å². The van der Waals surface area contributed by atoms with E-state index >= 15 is 0 Å². The molecule has 0 aromatic heterocycles. The van der Waals surface area contributed by atoms with Gasteiger partial charge in [0.05, 0.1) is 0 Å². The quantitative estimate of drug-likeness (QED) is 0.457. The summed E-state index contributed by atoms with van der Waals surface area (Å²) in [5.41, 5.74) is 1.05. The second kappa shape index (κ2) is 6.55. The van der Waals surface area contributed by atoms with Crippen molar-refractivity contribution in [2.24, 2.45) is 10.8 Å². The lowest BCUT2D eigenvalue weighted by atomic mass is 9.80. The largest absolute Gasteiger partial charge is 0.0654 e. The van der Waals surface area contributed by atoms with Crippen LogP contribution in [-0.2, 0) is 0 Å². The highest BCUT2D eigenvalue weighted by Gasteiger charge is 2.18. The van der Waals surface area contributed by atoms with Crippen molar-refractivity contribution >= 4 is 0 Å². The Kier molecular flexibility index (Phi) is 6.55. The van der Waals surface area contributed by atoms with E-state index in [1.54, 1.807) is 0 Å². The van der Waals surface area contributed by atoms with Crippen molar-refractivity contribution in [3.05, 3.63) is 6.42 Å². The van der Waals surface area contributed by atoms with E-state index in [4.69, 9.17) is 0 Å². The maximum absolute atomic E-state index is 2.51. The summed E-state index contributed by atoms with van der Waals surface area (Å²) in [7, 11) is 0. The number of hydrogen-bond donors (Lipinski definition) is 0. The lowest BCUT2D eigenvalue weighted by Crippen LogP contribution is -2.13. The van der Waals surface area contributed by atoms with Gasteiger partial charge in [-0.1, -0.05) is 54.4 Å². The van der Waals surface area contributed by atoms with Crippen molar-refractivity contribution in [3.63, 3.8) is 0 Å². The lowest BCUT2D eigenvalue weighted by molar-refractivity contribution is 0.296. The third-order valence-electron chi connectivity index (χ3n) is 3.61. The van der Waals surface area contributed by atoms with Crippen LogP contribution >= 0.6 is 0 Å². The Morgan fingerprint density at radius 1 is 0.867 bits per heavy atom. The van der Waals surface area contributed by atoms with Gasteiger partial charge in [-0.15, -0.1) is 0 Å².